The standard InChI is InChI=1S/C11H21N3OS/c1-3-11(9-16-2)12-6-10-7-13-14(8-10)4-5-15/h7-8,11-12,15H,3-6,9H2,1-2H3. The maximum absolute atomic E-state index is 8.78. The summed E-state index contributed by atoms with van der Waals surface area (Å²) in [6.07, 6.45) is 7.11. The SMILES string of the molecule is CCC(CSC)NCc1cnn(CCO)c1. The van der Waals surface area contributed by atoms with Crippen molar-refractivity contribution in [3.63, 3.8) is 0 Å². The van der Waals surface area contributed by atoms with Crippen molar-refractivity contribution < 1.29 is 5.11 Å². The molecule has 0 spiro atoms. The molecule has 2 N–H and O–H groups in total. The minimum absolute atomic E-state index is 0.138. The average molecular weight is 243 g/mol. The molecule has 5 heteroatoms. The number of thioether (sulfide) groups is 1. The second kappa shape index (κ2) is 7.70. The van der Waals surface area contributed by atoms with Gasteiger partial charge >= 0.3 is 0 Å². The Morgan fingerprint density at radius 3 is 3.06 bits per heavy atom. The highest BCUT2D eigenvalue weighted by Crippen LogP contribution is 2.03. The van der Waals surface area contributed by atoms with E-state index in [0.717, 1.165) is 18.7 Å². The third-order valence-electron chi connectivity index (χ3n) is 2.47. The second-order valence-corrected chi connectivity index (χ2v) is 4.69. The highest BCUT2D eigenvalue weighted by Gasteiger charge is 2.05. The van der Waals surface area contributed by atoms with Crippen LogP contribution in [0.15, 0.2) is 12.4 Å². The van der Waals surface area contributed by atoms with E-state index >= 15 is 0 Å². The van der Waals surface area contributed by atoms with E-state index in [9.17, 15) is 0 Å². The summed E-state index contributed by atoms with van der Waals surface area (Å²) in [5.74, 6) is 1.14. The van der Waals surface area contributed by atoms with Crippen LogP contribution in [-0.4, -0.2) is 39.5 Å². The van der Waals surface area contributed by atoms with Crippen LogP contribution in [0.4, 0.5) is 0 Å². The van der Waals surface area contributed by atoms with E-state index in [-0.39, 0.29) is 6.61 Å². The lowest BCUT2D eigenvalue weighted by molar-refractivity contribution is 0.269. The molecule has 0 radical (unpaired) electrons. The summed E-state index contributed by atoms with van der Waals surface area (Å²) < 4.78 is 1.77. The van der Waals surface area contributed by atoms with E-state index in [0.29, 0.717) is 12.6 Å². The zero-order valence-electron chi connectivity index (χ0n) is 10.0. The molecule has 0 aliphatic carbocycles. The Morgan fingerprint density at radius 2 is 2.44 bits per heavy atom. The van der Waals surface area contributed by atoms with Gasteiger partial charge in [0.1, 0.15) is 0 Å². The largest absolute Gasteiger partial charge is 0.394 e. The topological polar surface area (TPSA) is 50.1 Å². The Kier molecular flexibility index (Phi) is 6.52. The van der Waals surface area contributed by atoms with Crippen LogP contribution in [0.2, 0.25) is 0 Å². The number of hydrogen-bond donors (Lipinski definition) is 2. The molecule has 1 heterocycles. The molecule has 1 rings (SSSR count). The molecule has 1 aromatic heterocycles. The van der Waals surface area contributed by atoms with Gasteiger partial charge < -0.3 is 10.4 Å². The molecule has 0 saturated carbocycles. The molecular weight excluding hydrogens is 222 g/mol. The van der Waals surface area contributed by atoms with Gasteiger partial charge in [0.25, 0.3) is 0 Å². The Morgan fingerprint density at radius 1 is 1.62 bits per heavy atom. The van der Waals surface area contributed by atoms with Crippen LogP contribution in [0.25, 0.3) is 0 Å². The van der Waals surface area contributed by atoms with Gasteiger partial charge in [-0.05, 0) is 12.7 Å². The van der Waals surface area contributed by atoms with Crippen molar-refractivity contribution in [3.05, 3.63) is 18.0 Å². The van der Waals surface area contributed by atoms with Crippen LogP contribution >= 0.6 is 11.8 Å². The van der Waals surface area contributed by atoms with E-state index in [2.05, 4.69) is 23.6 Å². The number of nitrogens with zero attached hydrogens (tertiary/aromatic N) is 2. The van der Waals surface area contributed by atoms with Gasteiger partial charge in [-0.1, -0.05) is 6.92 Å². The van der Waals surface area contributed by atoms with Crippen molar-refractivity contribution >= 4 is 11.8 Å². The molecular formula is C11H21N3OS. The van der Waals surface area contributed by atoms with Crippen molar-refractivity contribution in [2.45, 2.75) is 32.5 Å². The smallest absolute Gasteiger partial charge is 0.0640 e. The Bertz CT molecular complexity index is 291. The van der Waals surface area contributed by atoms with E-state index in [1.54, 1.807) is 4.68 Å². The predicted molar refractivity (Wildman–Crippen MR) is 68.6 cm³/mol. The lowest BCUT2D eigenvalue weighted by atomic mass is 10.2. The van der Waals surface area contributed by atoms with Gasteiger partial charge in [0.15, 0.2) is 0 Å². The van der Waals surface area contributed by atoms with Crippen LogP contribution in [0.1, 0.15) is 18.9 Å². The van der Waals surface area contributed by atoms with Gasteiger partial charge in [-0.2, -0.15) is 16.9 Å². The molecule has 0 aromatic carbocycles. The highest BCUT2D eigenvalue weighted by molar-refractivity contribution is 7.98. The molecule has 0 amide bonds. The predicted octanol–water partition coefficient (Wildman–Crippen LogP) is 1.11. The maximum Gasteiger partial charge on any atom is 0.0640 e. The minimum atomic E-state index is 0.138. The van der Waals surface area contributed by atoms with Crippen LogP contribution in [0.3, 0.4) is 0 Å². The van der Waals surface area contributed by atoms with Crippen molar-refractivity contribution in [2.24, 2.45) is 0 Å². The number of aliphatic hydroxyl groups excluding tert-OH is 1. The quantitative estimate of drug-likeness (QED) is 0.718. The Balaban J connectivity index is 2.34. The monoisotopic (exact) mass is 243 g/mol. The molecule has 4 nitrogen and oxygen atoms in total. The first-order chi connectivity index (χ1) is 7.80. The zero-order chi connectivity index (χ0) is 11.8. The molecule has 16 heavy (non-hydrogen) atoms. The molecule has 1 atom stereocenters. The summed E-state index contributed by atoms with van der Waals surface area (Å²) in [6, 6.07) is 0.566. The van der Waals surface area contributed by atoms with Crippen LogP contribution in [-0.2, 0) is 13.1 Å². The van der Waals surface area contributed by atoms with Crippen LogP contribution in [0, 0.1) is 0 Å². The third-order valence-corrected chi connectivity index (χ3v) is 3.21. The van der Waals surface area contributed by atoms with E-state index in [1.807, 2.05) is 24.2 Å². The Hall–Kier alpha value is -0.520. The lowest BCUT2D eigenvalue weighted by Crippen LogP contribution is -2.29. The first-order valence-corrected chi connectivity index (χ1v) is 7.04. The van der Waals surface area contributed by atoms with Gasteiger partial charge in [-0.25, -0.2) is 0 Å². The molecule has 0 aliphatic rings. The molecule has 92 valence electrons. The highest BCUT2D eigenvalue weighted by atomic mass is 32.2. The number of rotatable bonds is 8. The number of aliphatic hydroxyl groups is 1. The first-order valence-electron chi connectivity index (χ1n) is 5.64. The van der Waals surface area contributed by atoms with Gasteiger partial charge in [0, 0.05) is 30.1 Å². The van der Waals surface area contributed by atoms with Crippen LogP contribution < -0.4 is 5.32 Å². The molecule has 1 unspecified atom stereocenters. The summed E-state index contributed by atoms with van der Waals surface area (Å²) in [4.78, 5) is 0. The third kappa shape index (κ3) is 4.55. The van der Waals surface area contributed by atoms with E-state index < -0.39 is 0 Å². The second-order valence-electron chi connectivity index (χ2n) is 3.78. The fourth-order valence-electron chi connectivity index (χ4n) is 1.51. The van der Waals surface area contributed by atoms with E-state index in [4.69, 9.17) is 5.11 Å². The van der Waals surface area contributed by atoms with Crippen molar-refractivity contribution in [2.75, 3.05) is 18.6 Å². The molecule has 0 saturated heterocycles. The number of aromatic nitrogens is 2. The van der Waals surface area contributed by atoms with Crippen molar-refractivity contribution in [1.82, 2.24) is 15.1 Å². The summed E-state index contributed by atoms with van der Waals surface area (Å²) in [6.45, 7) is 3.76. The summed E-state index contributed by atoms with van der Waals surface area (Å²) in [7, 11) is 0. The Labute approximate surface area is 101 Å². The maximum atomic E-state index is 8.78. The minimum Gasteiger partial charge on any atom is -0.394 e. The number of nitrogens with one attached hydrogen (secondary N) is 1. The normalized spacial score (nSPS) is 12.9. The van der Waals surface area contributed by atoms with E-state index in [1.165, 1.54) is 5.56 Å². The molecule has 0 aliphatic heterocycles. The molecule has 0 fully saturated rings. The van der Waals surface area contributed by atoms with Crippen LogP contribution in [0.5, 0.6) is 0 Å². The first kappa shape index (κ1) is 13.5. The lowest BCUT2D eigenvalue weighted by Gasteiger charge is -2.14. The van der Waals surface area contributed by atoms with Crippen molar-refractivity contribution in [1.29, 1.82) is 0 Å². The van der Waals surface area contributed by atoms with Gasteiger partial charge in [0.2, 0.25) is 0 Å². The zero-order valence-corrected chi connectivity index (χ0v) is 10.8. The van der Waals surface area contributed by atoms with Crippen molar-refractivity contribution in [3.8, 4) is 0 Å². The van der Waals surface area contributed by atoms with Gasteiger partial charge in [-0.15, -0.1) is 0 Å². The fraction of sp³-hybridized carbons (Fsp3) is 0.727. The summed E-state index contributed by atoms with van der Waals surface area (Å²) in [5, 5.41) is 16.4. The molecule has 1 aromatic rings. The fourth-order valence-corrected chi connectivity index (χ4v) is 2.26. The summed E-state index contributed by atoms with van der Waals surface area (Å²) >= 11 is 1.87. The number of hydrogen-bond acceptors (Lipinski definition) is 4. The average Bonchev–Trinajstić information content (AvgIpc) is 2.72. The molecule has 0 bridgehead atoms. The van der Waals surface area contributed by atoms with Gasteiger partial charge in [0.05, 0.1) is 19.3 Å². The van der Waals surface area contributed by atoms with Gasteiger partial charge in [-0.3, -0.25) is 4.68 Å². The summed E-state index contributed by atoms with van der Waals surface area (Å²) in [5.41, 5.74) is 1.17.